The molecular formula is C25H32ClN3O3S. The number of aryl methyl sites for hydroxylation is 1. The first-order chi connectivity index (χ1) is 15.9. The number of hydrogen-bond donors (Lipinski definition) is 0. The summed E-state index contributed by atoms with van der Waals surface area (Å²) < 4.78 is 26.4. The summed E-state index contributed by atoms with van der Waals surface area (Å²) in [7, 11) is -4.15. The van der Waals surface area contributed by atoms with Gasteiger partial charge in [-0.2, -0.15) is 8.42 Å². The maximum Gasteiger partial charge on any atom is 0.292 e. The van der Waals surface area contributed by atoms with E-state index in [1.165, 1.54) is 82.1 Å². The molecule has 33 heavy (non-hydrogen) atoms. The SMILES string of the molecule is CCCCCCCCCCCCc1ccc(S(=O)(=O)n2nnc3ccc(Cl)cc3c2=O)cc1. The van der Waals surface area contributed by atoms with Crippen LogP contribution in [-0.2, 0) is 16.4 Å². The Labute approximate surface area is 201 Å². The largest absolute Gasteiger partial charge is 0.292 e. The third-order valence-electron chi connectivity index (χ3n) is 5.86. The van der Waals surface area contributed by atoms with Crippen LogP contribution in [-0.4, -0.2) is 22.8 Å². The number of hydrogen-bond acceptors (Lipinski definition) is 5. The molecule has 0 aliphatic carbocycles. The molecule has 178 valence electrons. The topological polar surface area (TPSA) is 81.9 Å². The van der Waals surface area contributed by atoms with Gasteiger partial charge in [0, 0.05) is 5.02 Å². The maximum absolute atomic E-state index is 13.0. The summed E-state index contributed by atoms with van der Waals surface area (Å²) in [4.78, 5) is 12.7. The molecule has 0 amide bonds. The summed E-state index contributed by atoms with van der Waals surface area (Å²) in [5.74, 6) is 0. The predicted molar refractivity (Wildman–Crippen MR) is 133 cm³/mol. The molecule has 0 atom stereocenters. The zero-order valence-corrected chi connectivity index (χ0v) is 20.7. The Morgan fingerprint density at radius 3 is 2.09 bits per heavy atom. The van der Waals surface area contributed by atoms with E-state index in [-0.39, 0.29) is 10.3 Å². The first kappa shape index (κ1) is 25.4. The Balaban J connectivity index is 1.54. The van der Waals surface area contributed by atoms with E-state index in [2.05, 4.69) is 17.2 Å². The minimum Gasteiger partial charge on any atom is -0.266 e. The summed E-state index contributed by atoms with van der Waals surface area (Å²) in [6.07, 6.45) is 13.7. The fraction of sp³-hybridized carbons (Fsp3) is 0.480. The Kier molecular flexibility index (Phi) is 9.44. The minimum absolute atomic E-state index is 0.00658. The fourth-order valence-corrected chi connectivity index (χ4v) is 5.20. The molecule has 3 aromatic rings. The molecule has 0 N–H and O–H groups in total. The second kappa shape index (κ2) is 12.3. The Morgan fingerprint density at radius 2 is 1.45 bits per heavy atom. The Morgan fingerprint density at radius 1 is 0.848 bits per heavy atom. The van der Waals surface area contributed by atoms with Crippen molar-refractivity contribution in [1.29, 1.82) is 0 Å². The van der Waals surface area contributed by atoms with Crippen LogP contribution in [0.25, 0.3) is 10.9 Å². The van der Waals surface area contributed by atoms with Gasteiger partial charge in [-0.05, 0) is 54.0 Å². The van der Waals surface area contributed by atoms with E-state index in [1.807, 2.05) is 0 Å². The van der Waals surface area contributed by atoms with Crippen LogP contribution in [0.3, 0.4) is 0 Å². The van der Waals surface area contributed by atoms with E-state index < -0.39 is 15.6 Å². The van der Waals surface area contributed by atoms with E-state index in [0.29, 0.717) is 14.6 Å². The van der Waals surface area contributed by atoms with E-state index in [1.54, 1.807) is 18.2 Å². The number of fused-ring (bicyclic) bond motifs is 1. The van der Waals surface area contributed by atoms with Crippen LogP contribution in [0.5, 0.6) is 0 Å². The lowest BCUT2D eigenvalue weighted by Crippen LogP contribution is -2.31. The smallest absolute Gasteiger partial charge is 0.266 e. The third-order valence-corrected chi connectivity index (χ3v) is 7.66. The van der Waals surface area contributed by atoms with E-state index in [4.69, 9.17) is 11.6 Å². The van der Waals surface area contributed by atoms with Crippen LogP contribution in [0.1, 0.15) is 76.7 Å². The van der Waals surface area contributed by atoms with Crippen molar-refractivity contribution < 1.29 is 8.42 Å². The molecule has 0 spiro atoms. The maximum atomic E-state index is 13.0. The van der Waals surface area contributed by atoms with Gasteiger partial charge in [-0.3, -0.25) is 4.79 Å². The van der Waals surface area contributed by atoms with Crippen LogP contribution in [0.4, 0.5) is 0 Å². The molecule has 8 heteroatoms. The molecule has 0 aliphatic rings. The van der Waals surface area contributed by atoms with Crippen molar-refractivity contribution in [3.8, 4) is 0 Å². The van der Waals surface area contributed by atoms with Gasteiger partial charge >= 0.3 is 0 Å². The molecule has 1 heterocycles. The average Bonchev–Trinajstić information content (AvgIpc) is 2.81. The molecule has 0 saturated carbocycles. The lowest BCUT2D eigenvalue weighted by molar-refractivity contribution is 0.556. The molecule has 2 aromatic carbocycles. The van der Waals surface area contributed by atoms with Crippen molar-refractivity contribution in [3.05, 3.63) is 63.4 Å². The molecule has 1 aromatic heterocycles. The van der Waals surface area contributed by atoms with Gasteiger partial charge in [0.15, 0.2) is 0 Å². The molecule has 0 fully saturated rings. The standard InChI is InChI=1S/C25H32ClN3O3S/c1-2-3-4-5-6-7-8-9-10-11-12-20-13-16-22(17-14-20)33(31,32)29-25(30)23-19-21(26)15-18-24(23)27-28-29/h13-19H,2-12H2,1H3. The van der Waals surface area contributed by atoms with E-state index in [0.717, 1.165) is 18.4 Å². The normalized spacial score (nSPS) is 11.8. The number of aromatic nitrogens is 3. The Bertz CT molecular complexity index is 1210. The highest BCUT2D eigenvalue weighted by Gasteiger charge is 2.21. The molecule has 0 unspecified atom stereocenters. The summed E-state index contributed by atoms with van der Waals surface area (Å²) >= 11 is 5.95. The number of halogens is 1. The molecule has 0 aliphatic heterocycles. The number of benzene rings is 2. The zero-order valence-electron chi connectivity index (χ0n) is 19.2. The number of unbranched alkanes of at least 4 members (excludes halogenated alkanes) is 9. The second-order valence-electron chi connectivity index (χ2n) is 8.48. The van der Waals surface area contributed by atoms with Crippen molar-refractivity contribution in [2.75, 3.05) is 0 Å². The highest BCUT2D eigenvalue weighted by Crippen LogP contribution is 2.18. The van der Waals surface area contributed by atoms with E-state index in [9.17, 15) is 13.2 Å². The highest BCUT2D eigenvalue weighted by molar-refractivity contribution is 7.89. The summed E-state index contributed by atoms with van der Waals surface area (Å²) in [6, 6.07) is 11.2. The van der Waals surface area contributed by atoms with Gasteiger partial charge in [0.1, 0.15) is 5.52 Å². The first-order valence-electron chi connectivity index (χ1n) is 11.8. The van der Waals surface area contributed by atoms with Crippen molar-refractivity contribution in [2.24, 2.45) is 0 Å². The Hall–Kier alpha value is -2.25. The predicted octanol–water partition coefficient (Wildman–Crippen LogP) is 6.15. The van der Waals surface area contributed by atoms with Gasteiger partial charge in [0.05, 0.1) is 10.3 Å². The summed E-state index contributed by atoms with van der Waals surface area (Å²) in [5, 5.41) is 7.93. The number of nitrogens with zero attached hydrogens (tertiary/aromatic N) is 3. The van der Waals surface area contributed by atoms with Gasteiger partial charge in [0.25, 0.3) is 15.6 Å². The third kappa shape index (κ3) is 6.87. The molecule has 3 rings (SSSR count). The molecule has 0 bridgehead atoms. The lowest BCUT2D eigenvalue weighted by atomic mass is 10.0. The van der Waals surface area contributed by atoms with Crippen LogP contribution in [0.15, 0.2) is 52.2 Å². The lowest BCUT2D eigenvalue weighted by Gasteiger charge is -2.08. The van der Waals surface area contributed by atoms with Crippen molar-refractivity contribution in [2.45, 2.75) is 82.4 Å². The van der Waals surface area contributed by atoms with Gasteiger partial charge in [-0.25, -0.2) is 0 Å². The van der Waals surface area contributed by atoms with Crippen molar-refractivity contribution >= 4 is 32.5 Å². The molecule has 6 nitrogen and oxygen atoms in total. The number of rotatable bonds is 13. The molecule has 0 radical (unpaired) electrons. The summed E-state index contributed by atoms with van der Waals surface area (Å²) in [6.45, 7) is 2.24. The first-order valence-corrected chi connectivity index (χ1v) is 13.6. The van der Waals surface area contributed by atoms with Crippen LogP contribution in [0.2, 0.25) is 5.02 Å². The van der Waals surface area contributed by atoms with Crippen molar-refractivity contribution in [1.82, 2.24) is 14.4 Å². The van der Waals surface area contributed by atoms with Crippen LogP contribution >= 0.6 is 11.6 Å². The summed E-state index contributed by atoms with van der Waals surface area (Å²) in [5.41, 5.74) is 0.608. The zero-order chi connectivity index (χ0) is 23.7. The van der Waals surface area contributed by atoms with Gasteiger partial charge < -0.3 is 0 Å². The van der Waals surface area contributed by atoms with Gasteiger partial charge in [-0.1, -0.05) is 92.5 Å². The quantitative estimate of drug-likeness (QED) is 0.269. The van der Waals surface area contributed by atoms with Crippen molar-refractivity contribution in [3.63, 3.8) is 0 Å². The van der Waals surface area contributed by atoms with Crippen LogP contribution in [0, 0.1) is 0 Å². The molecular weight excluding hydrogens is 458 g/mol. The average molecular weight is 490 g/mol. The molecule has 0 saturated heterocycles. The van der Waals surface area contributed by atoms with Crippen LogP contribution < -0.4 is 5.56 Å². The van der Waals surface area contributed by atoms with Gasteiger partial charge in [0.2, 0.25) is 0 Å². The minimum atomic E-state index is -4.15. The van der Waals surface area contributed by atoms with Gasteiger partial charge in [-0.15, -0.1) is 5.10 Å². The van der Waals surface area contributed by atoms with E-state index >= 15 is 0 Å². The monoisotopic (exact) mass is 489 g/mol. The second-order valence-corrected chi connectivity index (χ2v) is 10.7. The fourth-order valence-electron chi connectivity index (χ4n) is 3.90. The highest BCUT2D eigenvalue weighted by atomic mass is 35.5.